The average molecular weight is 441 g/mol. The molecule has 2 heterocycles. The van der Waals surface area contributed by atoms with Gasteiger partial charge in [-0.05, 0) is 71.9 Å². The van der Waals surface area contributed by atoms with E-state index < -0.39 is 17.9 Å². The van der Waals surface area contributed by atoms with E-state index in [2.05, 4.69) is 15.5 Å². The summed E-state index contributed by atoms with van der Waals surface area (Å²) in [5.74, 6) is -1.23. The molecule has 8 nitrogen and oxygen atoms in total. The van der Waals surface area contributed by atoms with Crippen molar-refractivity contribution >= 4 is 23.2 Å². The van der Waals surface area contributed by atoms with Gasteiger partial charge in [-0.25, -0.2) is 4.39 Å². The number of benzene rings is 1. The van der Waals surface area contributed by atoms with Gasteiger partial charge in [0.05, 0.1) is 17.1 Å². The fourth-order valence-electron chi connectivity index (χ4n) is 3.79. The number of aromatic nitrogens is 4. The van der Waals surface area contributed by atoms with Gasteiger partial charge in [0, 0.05) is 24.1 Å². The first-order chi connectivity index (χ1) is 15.0. The number of carbonyl (C=O) groups excluding carboxylic acids is 2. The minimum Gasteiger partial charge on any atom is -0.324 e. The van der Waals surface area contributed by atoms with E-state index in [0.717, 1.165) is 22.8 Å². The van der Waals surface area contributed by atoms with Crippen LogP contribution in [0.1, 0.15) is 48.7 Å². The van der Waals surface area contributed by atoms with Crippen LogP contribution >= 0.6 is 0 Å². The summed E-state index contributed by atoms with van der Waals surface area (Å²) >= 11 is 0. The van der Waals surface area contributed by atoms with Crippen molar-refractivity contribution in [3.05, 3.63) is 58.9 Å². The lowest BCUT2D eigenvalue weighted by Gasteiger charge is -2.23. The van der Waals surface area contributed by atoms with Gasteiger partial charge in [-0.15, -0.1) is 0 Å². The molecule has 2 aromatic heterocycles. The number of halogens is 1. The summed E-state index contributed by atoms with van der Waals surface area (Å²) in [4.78, 5) is 26.8. The van der Waals surface area contributed by atoms with Crippen LogP contribution in [-0.2, 0) is 9.59 Å². The van der Waals surface area contributed by atoms with Crippen molar-refractivity contribution < 1.29 is 14.0 Å². The first-order valence-corrected chi connectivity index (χ1v) is 10.4. The summed E-state index contributed by atoms with van der Waals surface area (Å²) in [5.41, 5.74) is 3.77. The lowest BCUT2D eigenvalue weighted by atomic mass is 10.2. The van der Waals surface area contributed by atoms with E-state index in [1.165, 1.54) is 24.1 Å². The second-order valence-corrected chi connectivity index (χ2v) is 8.15. The van der Waals surface area contributed by atoms with Gasteiger partial charge in [-0.1, -0.05) is 0 Å². The Labute approximate surface area is 187 Å². The molecule has 3 aromatic rings. The average Bonchev–Trinajstić information content (AvgIpc) is 3.25. The third kappa shape index (κ3) is 4.56. The van der Waals surface area contributed by atoms with Gasteiger partial charge in [0.2, 0.25) is 5.91 Å². The van der Waals surface area contributed by atoms with Gasteiger partial charge in [-0.3, -0.25) is 19.0 Å². The van der Waals surface area contributed by atoms with E-state index in [4.69, 9.17) is 0 Å². The van der Waals surface area contributed by atoms with Gasteiger partial charge in [0.1, 0.15) is 17.9 Å². The van der Waals surface area contributed by atoms with Crippen molar-refractivity contribution in [3.8, 4) is 0 Å². The molecule has 3 rings (SSSR count). The topological polar surface area (TPSA) is 85.0 Å². The van der Waals surface area contributed by atoms with Crippen molar-refractivity contribution in [1.29, 1.82) is 0 Å². The van der Waals surface area contributed by atoms with E-state index in [1.807, 2.05) is 39.8 Å². The van der Waals surface area contributed by atoms with Crippen molar-refractivity contribution in [2.45, 2.75) is 53.6 Å². The molecule has 9 heteroatoms. The summed E-state index contributed by atoms with van der Waals surface area (Å²) in [6.45, 7) is 10.9. The Bertz CT molecular complexity index is 1170. The smallest absolute Gasteiger partial charge is 0.251 e. The second-order valence-electron chi connectivity index (χ2n) is 8.15. The molecule has 0 bridgehead atoms. The predicted octanol–water partition coefficient (Wildman–Crippen LogP) is 3.88. The maximum Gasteiger partial charge on any atom is 0.251 e. The molecule has 0 aliphatic rings. The number of amides is 2. The van der Waals surface area contributed by atoms with Gasteiger partial charge in [0.25, 0.3) is 5.91 Å². The molecule has 0 saturated carbocycles. The summed E-state index contributed by atoms with van der Waals surface area (Å²) in [6, 6.07) is 6.88. The van der Waals surface area contributed by atoms with Gasteiger partial charge >= 0.3 is 0 Å². The van der Waals surface area contributed by atoms with Crippen molar-refractivity contribution in [2.75, 3.05) is 17.3 Å². The molecular formula is C23H29FN6O2. The highest BCUT2D eigenvalue weighted by Crippen LogP contribution is 2.25. The molecule has 0 unspecified atom stereocenters. The fraction of sp³-hybridized carbons (Fsp3) is 0.391. The normalized spacial score (nSPS) is 13.0. The minimum absolute atomic E-state index is 0.118. The third-order valence-electron chi connectivity index (χ3n) is 5.47. The number of aryl methyl sites for hydroxylation is 4. The van der Waals surface area contributed by atoms with Crippen molar-refractivity contribution in [2.24, 2.45) is 0 Å². The maximum atomic E-state index is 14.9. The zero-order valence-electron chi connectivity index (χ0n) is 19.5. The number of anilines is 2. The SMILES string of the molecule is Cc1cc(C)n([C@H](C)C(=O)Nc2ccc(N(C)C(=O)[C@H](C)n3nc(C)cc3C)c(F)c2)n1. The van der Waals surface area contributed by atoms with Crippen LogP contribution in [0.3, 0.4) is 0 Å². The van der Waals surface area contributed by atoms with E-state index in [1.54, 1.807) is 29.3 Å². The summed E-state index contributed by atoms with van der Waals surface area (Å²) in [7, 11) is 1.52. The number of hydrogen-bond donors (Lipinski definition) is 1. The van der Waals surface area contributed by atoms with E-state index in [9.17, 15) is 14.0 Å². The van der Waals surface area contributed by atoms with Crippen molar-refractivity contribution in [1.82, 2.24) is 19.6 Å². The lowest BCUT2D eigenvalue weighted by molar-refractivity contribution is -0.121. The van der Waals surface area contributed by atoms with Gasteiger partial charge in [0.15, 0.2) is 0 Å². The van der Waals surface area contributed by atoms with Crippen molar-refractivity contribution in [3.63, 3.8) is 0 Å². The molecule has 1 N–H and O–H groups in total. The molecule has 170 valence electrons. The van der Waals surface area contributed by atoms with E-state index >= 15 is 0 Å². The number of nitrogens with one attached hydrogen (secondary N) is 1. The lowest BCUT2D eigenvalue weighted by Crippen LogP contribution is -2.34. The predicted molar refractivity (Wildman–Crippen MR) is 121 cm³/mol. The molecule has 2 amide bonds. The zero-order valence-corrected chi connectivity index (χ0v) is 19.5. The Kier molecular flexibility index (Phi) is 6.47. The quantitative estimate of drug-likeness (QED) is 0.630. The molecular weight excluding hydrogens is 411 g/mol. The van der Waals surface area contributed by atoms with Crippen LogP contribution in [0.15, 0.2) is 30.3 Å². The van der Waals surface area contributed by atoms with E-state index in [0.29, 0.717) is 5.69 Å². The highest BCUT2D eigenvalue weighted by atomic mass is 19.1. The molecule has 0 radical (unpaired) electrons. The Morgan fingerprint density at radius 2 is 1.47 bits per heavy atom. The summed E-state index contributed by atoms with van der Waals surface area (Å²) < 4.78 is 18.1. The fourth-order valence-corrected chi connectivity index (χ4v) is 3.79. The number of hydrogen-bond acceptors (Lipinski definition) is 4. The monoisotopic (exact) mass is 440 g/mol. The molecule has 32 heavy (non-hydrogen) atoms. The Morgan fingerprint density at radius 1 is 0.938 bits per heavy atom. The van der Waals surface area contributed by atoms with Crippen LogP contribution in [0.2, 0.25) is 0 Å². The van der Waals surface area contributed by atoms with Gasteiger partial charge < -0.3 is 10.2 Å². The maximum absolute atomic E-state index is 14.9. The summed E-state index contributed by atoms with van der Waals surface area (Å²) in [5, 5.41) is 11.4. The first-order valence-electron chi connectivity index (χ1n) is 10.4. The highest BCUT2D eigenvalue weighted by molar-refractivity contribution is 5.97. The molecule has 0 aliphatic carbocycles. The molecule has 2 atom stereocenters. The number of carbonyl (C=O) groups is 2. The Hall–Kier alpha value is -3.49. The van der Waals surface area contributed by atoms with Crippen LogP contribution in [0.25, 0.3) is 0 Å². The van der Waals surface area contributed by atoms with Crippen LogP contribution in [0.4, 0.5) is 15.8 Å². The number of nitrogens with zero attached hydrogens (tertiary/aromatic N) is 5. The molecule has 0 fully saturated rings. The zero-order chi connectivity index (χ0) is 23.7. The minimum atomic E-state index is -0.613. The first kappa shape index (κ1) is 23.2. The van der Waals surface area contributed by atoms with Crippen LogP contribution < -0.4 is 10.2 Å². The third-order valence-corrected chi connectivity index (χ3v) is 5.47. The van der Waals surface area contributed by atoms with Crippen LogP contribution in [0, 0.1) is 33.5 Å². The number of likely N-dealkylation sites (N-methyl/N-ethyl adjacent to an activating group) is 1. The largest absolute Gasteiger partial charge is 0.324 e. The Morgan fingerprint density at radius 3 is 1.94 bits per heavy atom. The van der Waals surface area contributed by atoms with Crippen LogP contribution in [0.5, 0.6) is 0 Å². The van der Waals surface area contributed by atoms with Crippen LogP contribution in [-0.4, -0.2) is 38.4 Å². The number of rotatable bonds is 6. The van der Waals surface area contributed by atoms with E-state index in [-0.39, 0.29) is 17.5 Å². The molecule has 1 aromatic carbocycles. The Balaban J connectivity index is 1.74. The standard InChI is InChI=1S/C23H29FN6O2/c1-13-10-15(3)29(26-13)17(5)22(31)25-19-8-9-21(20(24)12-19)28(7)23(32)18(6)30-16(4)11-14(2)27-30/h8-12,17-18H,1-7H3,(H,25,31)/t17-,18+/m1/s1. The summed E-state index contributed by atoms with van der Waals surface area (Å²) in [6.07, 6.45) is 0. The van der Waals surface area contributed by atoms with Gasteiger partial charge in [-0.2, -0.15) is 10.2 Å². The second kappa shape index (κ2) is 8.94. The highest BCUT2D eigenvalue weighted by Gasteiger charge is 2.25. The molecule has 0 saturated heterocycles. The molecule has 0 aliphatic heterocycles. The molecule has 0 spiro atoms.